The van der Waals surface area contributed by atoms with Crippen molar-refractivity contribution in [2.45, 2.75) is 6.92 Å². The van der Waals surface area contributed by atoms with Gasteiger partial charge >= 0.3 is 0 Å². The lowest BCUT2D eigenvalue weighted by Gasteiger charge is -2.37. The van der Waals surface area contributed by atoms with Crippen LogP contribution in [0.2, 0.25) is 0 Å². The second-order valence-corrected chi connectivity index (χ2v) is 6.99. The SMILES string of the molecule is Cc1ccccc1N1CCN(c2ccc(C(=O)Nc3ccccc3)cn2)CC1. The molecule has 3 aromatic rings. The minimum Gasteiger partial charge on any atom is -0.368 e. The van der Waals surface area contributed by atoms with E-state index in [0.717, 1.165) is 37.7 Å². The van der Waals surface area contributed by atoms with Gasteiger partial charge in [0.15, 0.2) is 0 Å². The number of carbonyl (C=O) groups is 1. The van der Waals surface area contributed by atoms with E-state index < -0.39 is 0 Å². The first kappa shape index (κ1) is 18.0. The molecule has 0 radical (unpaired) electrons. The summed E-state index contributed by atoms with van der Waals surface area (Å²) in [6.07, 6.45) is 1.65. The molecule has 4 rings (SSSR count). The maximum atomic E-state index is 12.4. The molecule has 2 heterocycles. The Balaban J connectivity index is 1.37. The first-order valence-electron chi connectivity index (χ1n) is 9.59. The van der Waals surface area contributed by atoms with Gasteiger partial charge in [-0.3, -0.25) is 4.79 Å². The van der Waals surface area contributed by atoms with Gasteiger partial charge in [0, 0.05) is 43.8 Å². The van der Waals surface area contributed by atoms with E-state index in [1.165, 1.54) is 11.3 Å². The number of rotatable bonds is 4. The van der Waals surface area contributed by atoms with Crippen LogP contribution >= 0.6 is 0 Å². The molecule has 28 heavy (non-hydrogen) atoms. The van der Waals surface area contributed by atoms with Gasteiger partial charge in [-0.05, 0) is 42.8 Å². The molecule has 0 bridgehead atoms. The number of amides is 1. The number of aromatic nitrogens is 1. The van der Waals surface area contributed by atoms with Crippen LogP contribution in [0.4, 0.5) is 17.2 Å². The minimum atomic E-state index is -0.144. The molecule has 1 saturated heterocycles. The van der Waals surface area contributed by atoms with Crippen molar-refractivity contribution >= 4 is 23.1 Å². The fourth-order valence-electron chi connectivity index (χ4n) is 3.53. The number of carbonyl (C=O) groups excluding carboxylic acids is 1. The maximum absolute atomic E-state index is 12.4. The predicted octanol–water partition coefficient (Wildman–Crippen LogP) is 3.97. The van der Waals surface area contributed by atoms with E-state index in [9.17, 15) is 4.79 Å². The lowest BCUT2D eigenvalue weighted by atomic mass is 10.1. The Kier molecular flexibility index (Phi) is 5.24. The van der Waals surface area contributed by atoms with Gasteiger partial charge in [0.1, 0.15) is 5.82 Å². The normalized spacial score (nSPS) is 14.0. The molecule has 0 atom stereocenters. The molecule has 142 valence electrons. The molecule has 1 aliphatic rings. The monoisotopic (exact) mass is 372 g/mol. The number of para-hydroxylation sites is 2. The molecule has 0 spiro atoms. The van der Waals surface area contributed by atoms with Gasteiger partial charge in [-0.1, -0.05) is 36.4 Å². The third kappa shape index (κ3) is 3.98. The summed E-state index contributed by atoms with van der Waals surface area (Å²) in [5, 5.41) is 2.89. The number of pyridine rings is 1. The highest BCUT2D eigenvalue weighted by atomic mass is 16.1. The van der Waals surface area contributed by atoms with Gasteiger partial charge in [-0.15, -0.1) is 0 Å². The Morgan fingerprint density at radius 1 is 0.857 bits per heavy atom. The number of nitrogens with one attached hydrogen (secondary N) is 1. The van der Waals surface area contributed by atoms with Gasteiger partial charge in [-0.2, -0.15) is 0 Å². The van der Waals surface area contributed by atoms with Gasteiger partial charge in [0.25, 0.3) is 5.91 Å². The molecular weight excluding hydrogens is 348 g/mol. The summed E-state index contributed by atoms with van der Waals surface area (Å²) in [6, 6.07) is 21.7. The Hall–Kier alpha value is -3.34. The van der Waals surface area contributed by atoms with Crippen molar-refractivity contribution in [2.24, 2.45) is 0 Å². The van der Waals surface area contributed by atoms with Crippen LogP contribution in [0.25, 0.3) is 0 Å². The van der Waals surface area contributed by atoms with Crippen LogP contribution in [-0.2, 0) is 0 Å². The molecule has 0 aliphatic carbocycles. The van der Waals surface area contributed by atoms with Crippen LogP contribution < -0.4 is 15.1 Å². The van der Waals surface area contributed by atoms with Crippen LogP contribution in [0.5, 0.6) is 0 Å². The minimum absolute atomic E-state index is 0.144. The highest BCUT2D eigenvalue weighted by molar-refractivity contribution is 6.04. The Morgan fingerprint density at radius 2 is 1.54 bits per heavy atom. The number of benzene rings is 2. The first-order chi connectivity index (χ1) is 13.7. The van der Waals surface area contributed by atoms with Crippen molar-refractivity contribution in [1.29, 1.82) is 0 Å². The molecule has 0 unspecified atom stereocenters. The van der Waals surface area contributed by atoms with E-state index >= 15 is 0 Å². The average molecular weight is 372 g/mol. The van der Waals surface area contributed by atoms with Gasteiger partial charge in [0.05, 0.1) is 5.56 Å². The van der Waals surface area contributed by atoms with Crippen molar-refractivity contribution in [3.63, 3.8) is 0 Å². The number of hydrogen-bond acceptors (Lipinski definition) is 4. The third-order valence-corrected chi connectivity index (χ3v) is 5.10. The van der Waals surface area contributed by atoms with Crippen molar-refractivity contribution in [1.82, 2.24) is 4.98 Å². The van der Waals surface area contributed by atoms with Crippen molar-refractivity contribution in [3.8, 4) is 0 Å². The number of piperazine rings is 1. The second-order valence-electron chi connectivity index (χ2n) is 6.99. The van der Waals surface area contributed by atoms with Crippen LogP contribution in [-0.4, -0.2) is 37.1 Å². The van der Waals surface area contributed by atoms with E-state index in [-0.39, 0.29) is 5.91 Å². The summed E-state index contributed by atoms with van der Waals surface area (Å²) < 4.78 is 0. The number of aryl methyl sites for hydroxylation is 1. The molecule has 1 aliphatic heterocycles. The quantitative estimate of drug-likeness (QED) is 0.753. The average Bonchev–Trinajstić information content (AvgIpc) is 2.75. The largest absolute Gasteiger partial charge is 0.368 e. The molecule has 1 N–H and O–H groups in total. The Morgan fingerprint density at radius 3 is 2.21 bits per heavy atom. The molecular formula is C23H24N4O. The Labute approximate surface area is 165 Å². The number of hydrogen-bond donors (Lipinski definition) is 1. The first-order valence-corrected chi connectivity index (χ1v) is 9.59. The van der Waals surface area contributed by atoms with Crippen LogP contribution in [0.1, 0.15) is 15.9 Å². The summed E-state index contributed by atoms with van der Waals surface area (Å²) >= 11 is 0. The molecule has 5 heteroatoms. The zero-order valence-electron chi connectivity index (χ0n) is 16.0. The third-order valence-electron chi connectivity index (χ3n) is 5.10. The van der Waals surface area contributed by atoms with Gasteiger partial charge in [-0.25, -0.2) is 4.98 Å². The highest BCUT2D eigenvalue weighted by Gasteiger charge is 2.19. The van der Waals surface area contributed by atoms with E-state index in [0.29, 0.717) is 5.56 Å². The summed E-state index contributed by atoms with van der Waals surface area (Å²) in [4.78, 5) is 21.6. The summed E-state index contributed by atoms with van der Waals surface area (Å²) in [7, 11) is 0. The zero-order valence-corrected chi connectivity index (χ0v) is 16.0. The molecule has 5 nitrogen and oxygen atoms in total. The molecule has 1 amide bonds. The summed E-state index contributed by atoms with van der Waals surface area (Å²) in [6.45, 7) is 5.90. The lowest BCUT2D eigenvalue weighted by Crippen LogP contribution is -2.47. The standard InChI is InChI=1S/C23H24N4O/c1-18-7-5-6-10-21(18)26-13-15-27(16-14-26)22-12-11-19(17-24-22)23(28)25-20-8-3-2-4-9-20/h2-12,17H,13-16H2,1H3,(H,25,28). The predicted molar refractivity (Wildman–Crippen MR) is 114 cm³/mol. The number of nitrogens with zero attached hydrogens (tertiary/aromatic N) is 3. The fraction of sp³-hybridized carbons (Fsp3) is 0.217. The maximum Gasteiger partial charge on any atom is 0.257 e. The molecule has 1 aromatic heterocycles. The summed E-state index contributed by atoms with van der Waals surface area (Å²) in [5.74, 6) is 0.773. The molecule has 1 fully saturated rings. The van der Waals surface area contributed by atoms with Crippen molar-refractivity contribution in [2.75, 3.05) is 41.3 Å². The van der Waals surface area contributed by atoms with Gasteiger partial charge < -0.3 is 15.1 Å². The van der Waals surface area contributed by atoms with E-state index in [4.69, 9.17) is 0 Å². The topological polar surface area (TPSA) is 48.5 Å². The van der Waals surface area contributed by atoms with Crippen LogP contribution in [0.15, 0.2) is 72.9 Å². The smallest absolute Gasteiger partial charge is 0.257 e. The molecule has 2 aromatic carbocycles. The van der Waals surface area contributed by atoms with Crippen molar-refractivity contribution in [3.05, 3.63) is 84.1 Å². The highest BCUT2D eigenvalue weighted by Crippen LogP contribution is 2.22. The van der Waals surface area contributed by atoms with Crippen LogP contribution in [0, 0.1) is 6.92 Å². The zero-order chi connectivity index (χ0) is 19.3. The van der Waals surface area contributed by atoms with Crippen LogP contribution in [0.3, 0.4) is 0 Å². The second kappa shape index (κ2) is 8.13. The Bertz CT molecular complexity index is 932. The van der Waals surface area contributed by atoms with E-state index in [1.807, 2.05) is 42.5 Å². The van der Waals surface area contributed by atoms with E-state index in [1.54, 1.807) is 6.20 Å². The van der Waals surface area contributed by atoms with Gasteiger partial charge in [0.2, 0.25) is 0 Å². The lowest BCUT2D eigenvalue weighted by molar-refractivity contribution is 0.102. The number of anilines is 3. The summed E-state index contributed by atoms with van der Waals surface area (Å²) in [5.41, 5.74) is 3.96. The fourth-order valence-corrected chi connectivity index (χ4v) is 3.53. The van der Waals surface area contributed by atoms with E-state index in [2.05, 4.69) is 51.3 Å². The van der Waals surface area contributed by atoms with Crippen molar-refractivity contribution < 1.29 is 4.79 Å². The molecule has 0 saturated carbocycles.